The maximum Gasteiger partial charge on any atom is 0.325 e. The van der Waals surface area contributed by atoms with Gasteiger partial charge in [0.25, 0.3) is 0 Å². The van der Waals surface area contributed by atoms with Crippen molar-refractivity contribution in [1.82, 2.24) is 0 Å². The number of rotatable bonds is 40. The van der Waals surface area contributed by atoms with E-state index in [1.165, 1.54) is 141 Å². The second-order valence-electron chi connectivity index (χ2n) is 14.7. The first kappa shape index (κ1) is 47.6. The Bertz CT molecular complexity index is 767. The van der Waals surface area contributed by atoms with Gasteiger partial charge in [0.1, 0.15) is 0 Å². The van der Waals surface area contributed by atoms with E-state index in [0.717, 1.165) is 50.3 Å². The van der Waals surface area contributed by atoms with Crippen LogP contribution in [0.25, 0.3) is 0 Å². The quantitative estimate of drug-likeness (QED) is 0.0481. The Labute approximate surface area is 306 Å². The lowest BCUT2D eigenvalue weighted by atomic mass is 9.77. The van der Waals surface area contributed by atoms with Crippen molar-refractivity contribution in [2.75, 3.05) is 11.5 Å². The molecule has 0 radical (unpaired) electrons. The Balaban J connectivity index is 4.40. The van der Waals surface area contributed by atoms with Gasteiger partial charge in [-0.15, -0.1) is 0 Å². The van der Waals surface area contributed by atoms with Crippen molar-refractivity contribution in [1.29, 1.82) is 0 Å². The summed E-state index contributed by atoms with van der Waals surface area (Å²) in [5, 5.41) is 19.3. The molecule has 0 atom stereocenters. The molecule has 0 fully saturated rings. The fourth-order valence-electron chi connectivity index (χ4n) is 6.74. The van der Waals surface area contributed by atoms with E-state index in [9.17, 15) is 24.3 Å². The monoisotopic (exact) mass is 711 g/mol. The molecule has 0 unspecified atom stereocenters. The molecule has 0 bridgehead atoms. The van der Waals surface area contributed by atoms with Crippen molar-refractivity contribution in [2.24, 2.45) is 5.41 Å². The van der Waals surface area contributed by atoms with Gasteiger partial charge in [-0.3, -0.25) is 19.2 Å². The molecule has 2 N–H and O–H groups in total. The van der Waals surface area contributed by atoms with Gasteiger partial charge in [-0.25, -0.2) is 0 Å². The van der Waals surface area contributed by atoms with Crippen molar-refractivity contribution in [3.05, 3.63) is 0 Å². The van der Waals surface area contributed by atoms with Crippen molar-refractivity contribution >= 4 is 35.3 Å². The zero-order valence-electron chi connectivity index (χ0n) is 32.2. The number of carbonyl (C=O) groups excluding carboxylic acids is 2. The molecule has 6 nitrogen and oxygen atoms in total. The minimum atomic E-state index is -2.06. The summed E-state index contributed by atoms with van der Waals surface area (Å²) >= 11 is 1.10. The highest BCUT2D eigenvalue weighted by atomic mass is 32.2. The first-order valence-corrected chi connectivity index (χ1v) is 22.1. The zero-order chi connectivity index (χ0) is 36.3. The largest absolute Gasteiger partial charge is 0.481 e. The van der Waals surface area contributed by atoms with Crippen molar-refractivity contribution in [2.45, 2.75) is 226 Å². The van der Waals surface area contributed by atoms with Crippen LogP contribution in [0.1, 0.15) is 226 Å². The van der Waals surface area contributed by atoms with Gasteiger partial charge < -0.3 is 10.2 Å². The molecule has 0 aromatic heterocycles. The van der Waals surface area contributed by atoms with Crippen molar-refractivity contribution in [3.63, 3.8) is 0 Å². The third-order valence-electron chi connectivity index (χ3n) is 10.1. The predicted octanol–water partition coefficient (Wildman–Crippen LogP) is 12.9. The highest BCUT2D eigenvalue weighted by Gasteiger charge is 2.51. The minimum absolute atomic E-state index is 0.0919. The van der Waals surface area contributed by atoms with Gasteiger partial charge in [0.05, 0.1) is 6.42 Å². The number of ketones is 2. The number of hydrogen-bond donors (Lipinski definition) is 2. The molecule has 0 amide bonds. The highest BCUT2D eigenvalue weighted by Crippen LogP contribution is 2.32. The van der Waals surface area contributed by atoms with E-state index >= 15 is 0 Å². The molecular formula is C42H78O6S. The Morgan fingerprint density at radius 1 is 0.408 bits per heavy atom. The summed E-state index contributed by atoms with van der Waals surface area (Å²) in [6, 6.07) is 0. The lowest BCUT2D eigenvalue weighted by molar-refractivity contribution is -0.158. The first-order chi connectivity index (χ1) is 23.8. The molecule has 0 aromatic rings. The van der Waals surface area contributed by atoms with Crippen LogP contribution in [0, 0.1) is 5.41 Å². The van der Waals surface area contributed by atoms with Crippen LogP contribution in [0.3, 0.4) is 0 Å². The summed E-state index contributed by atoms with van der Waals surface area (Å²) in [4.78, 5) is 50.5. The Hall–Kier alpha value is -1.37. The highest BCUT2D eigenvalue weighted by molar-refractivity contribution is 7.99. The smallest absolute Gasteiger partial charge is 0.325 e. The van der Waals surface area contributed by atoms with Crippen molar-refractivity contribution < 1.29 is 29.4 Å². The van der Waals surface area contributed by atoms with E-state index in [0.29, 0.717) is 12.8 Å². The number of unbranched alkanes of at least 4 members (excludes halogenated alkanes) is 28. The predicted molar refractivity (Wildman–Crippen MR) is 209 cm³/mol. The third-order valence-corrected chi connectivity index (χ3v) is 11.2. The lowest BCUT2D eigenvalue weighted by Crippen LogP contribution is -2.48. The minimum Gasteiger partial charge on any atom is -0.481 e. The molecule has 0 aliphatic rings. The lowest BCUT2D eigenvalue weighted by Gasteiger charge is -2.26. The molecular weight excluding hydrogens is 633 g/mol. The van der Waals surface area contributed by atoms with Gasteiger partial charge in [0, 0.05) is 24.3 Å². The van der Waals surface area contributed by atoms with Crippen LogP contribution < -0.4 is 0 Å². The van der Waals surface area contributed by atoms with E-state index in [1.54, 1.807) is 0 Å². The molecule has 49 heavy (non-hydrogen) atoms. The Kier molecular flexibility index (Phi) is 34.1. The Morgan fingerprint density at radius 3 is 0.918 bits per heavy atom. The number of aliphatic carboxylic acids is 2. The molecule has 0 saturated heterocycles. The topological polar surface area (TPSA) is 109 Å². The zero-order valence-corrected chi connectivity index (χ0v) is 33.0. The van der Waals surface area contributed by atoms with Crippen LogP contribution in [0.5, 0.6) is 0 Å². The molecule has 0 rings (SSSR count). The molecule has 0 saturated carbocycles. The van der Waals surface area contributed by atoms with Crippen LogP contribution in [0.2, 0.25) is 0 Å². The summed E-state index contributed by atoms with van der Waals surface area (Å²) in [6.45, 7) is 4.51. The average Bonchev–Trinajstić information content (AvgIpc) is 3.07. The van der Waals surface area contributed by atoms with E-state index in [2.05, 4.69) is 13.8 Å². The first-order valence-electron chi connectivity index (χ1n) is 20.9. The maximum absolute atomic E-state index is 13.4. The third kappa shape index (κ3) is 27.0. The molecule has 0 aromatic carbocycles. The summed E-state index contributed by atoms with van der Waals surface area (Å²) in [6.07, 6.45) is 36.3. The van der Waals surface area contributed by atoms with E-state index < -0.39 is 28.9 Å². The summed E-state index contributed by atoms with van der Waals surface area (Å²) in [7, 11) is 0. The van der Waals surface area contributed by atoms with Gasteiger partial charge in [-0.05, 0) is 12.8 Å². The molecule has 0 aliphatic heterocycles. The maximum atomic E-state index is 13.4. The van der Waals surface area contributed by atoms with Gasteiger partial charge in [-0.1, -0.05) is 194 Å². The number of carbonyl (C=O) groups is 4. The van der Waals surface area contributed by atoms with Crippen LogP contribution >= 0.6 is 11.8 Å². The van der Waals surface area contributed by atoms with Crippen LogP contribution in [-0.4, -0.2) is 45.2 Å². The molecule has 7 heteroatoms. The standard InChI is InChI=1S/C42H78O6S/c1-3-5-7-9-11-13-15-17-19-21-23-25-27-29-31-33-38(43)42(41(47)48,37-49-36-35-40(45)46)39(44)34-32-30-28-26-24-22-20-18-16-14-12-10-8-6-4-2/h3-37H2,1-2H3,(H,45,46)(H,47,48). The normalized spacial score (nSPS) is 11.6. The van der Waals surface area contributed by atoms with E-state index in [-0.39, 0.29) is 30.8 Å². The molecule has 288 valence electrons. The van der Waals surface area contributed by atoms with Gasteiger partial charge in [-0.2, -0.15) is 11.8 Å². The number of Topliss-reactive ketones (excluding diaryl/α,β-unsaturated/α-hetero) is 2. The molecule has 0 aliphatic carbocycles. The number of thioether (sulfide) groups is 1. The fraction of sp³-hybridized carbons (Fsp3) is 0.905. The number of hydrogen-bond acceptors (Lipinski definition) is 5. The number of carboxylic acids is 2. The summed E-state index contributed by atoms with van der Waals surface area (Å²) in [5.41, 5.74) is -2.06. The number of carboxylic acid groups (broad SMARTS) is 2. The summed E-state index contributed by atoms with van der Waals surface area (Å²) in [5.74, 6) is -3.32. The van der Waals surface area contributed by atoms with Gasteiger partial charge in [0.2, 0.25) is 0 Å². The van der Waals surface area contributed by atoms with Gasteiger partial charge in [0.15, 0.2) is 17.0 Å². The van der Waals surface area contributed by atoms with Crippen LogP contribution in [0.4, 0.5) is 0 Å². The SMILES string of the molecule is CCCCCCCCCCCCCCCCCC(=O)C(CSCCC(=O)O)(C(=O)O)C(=O)CCCCCCCCCCCCCCCCC. The summed E-state index contributed by atoms with van der Waals surface area (Å²) < 4.78 is 0. The fourth-order valence-corrected chi connectivity index (χ4v) is 7.96. The van der Waals surface area contributed by atoms with Gasteiger partial charge >= 0.3 is 11.9 Å². The van der Waals surface area contributed by atoms with Crippen molar-refractivity contribution in [3.8, 4) is 0 Å². The molecule has 0 spiro atoms. The van der Waals surface area contributed by atoms with E-state index in [1.807, 2.05) is 0 Å². The second-order valence-corrected chi connectivity index (χ2v) is 15.8. The average molecular weight is 711 g/mol. The van der Waals surface area contributed by atoms with E-state index in [4.69, 9.17) is 5.11 Å². The van der Waals surface area contributed by atoms with Crippen LogP contribution in [-0.2, 0) is 19.2 Å². The Morgan fingerprint density at radius 2 is 0.673 bits per heavy atom. The second kappa shape index (κ2) is 35.1. The van der Waals surface area contributed by atoms with Crippen LogP contribution in [0.15, 0.2) is 0 Å². The molecule has 0 heterocycles.